The molecule has 14 atom stereocenters. The maximum atomic E-state index is 12.8. The van der Waals surface area contributed by atoms with Crippen LogP contribution in [-0.2, 0) is 9.59 Å². The number of nitrogens with two attached hydrogens (primary N) is 1. The molecule has 0 aromatic rings. The van der Waals surface area contributed by atoms with E-state index in [2.05, 4.69) is 5.32 Å². The summed E-state index contributed by atoms with van der Waals surface area (Å²) in [6.07, 6.45) is 11.4. The molecule has 3 fully saturated rings. The van der Waals surface area contributed by atoms with Gasteiger partial charge in [0, 0.05) is 29.8 Å². The van der Waals surface area contributed by atoms with Crippen molar-refractivity contribution >= 4 is 17.6 Å². The van der Waals surface area contributed by atoms with Gasteiger partial charge in [-0.1, -0.05) is 68.9 Å². The Balaban J connectivity index is 1.28. The van der Waals surface area contributed by atoms with Gasteiger partial charge in [-0.2, -0.15) is 0 Å². The molecule has 61 heavy (non-hydrogen) atoms. The number of nitrogens with zero attached hydrogens (tertiary/aromatic N) is 1. The Kier molecular flexibility index (Phi) is 18.1. The summed E-state index contributed by atoms with van der Waals surface area (Å²) in [5.74, 6) is -3.02. The number of ketones is 1. The van der Waals surface area contributed by atoms with E-state index in [1.54, 1.807) is 44.2 Å². The Labute approximate surface area is 361 Å². The fourth-order valence-corrected chi connectivity index (χ4v) is 10.0. The molecule has 2 aliphatic heterocycles. The third-order valence-corrected chi connectivity index (χ3v) is 14.1. The minimum atomic E-state index is -1.08. The Morgan fingerprint density at radius 3 is 2.34 bits per heavy atom. The fraction of sp³-hybridized carbons (Fsp3) is 0.681. The maximum Gasteiger partial charge on any atom is 0.258 e. The summed E-state index contributed by atoms with van der Waals surface area (Å²) in [6, 6.07) is 0.0491. The lowest BCUT2D eigenvalue weighted by molar-refractivity contribution is -0.118. The number of nitrogens with one attached hydrogen (secondary N) is 2. The van der Waals surface area contributed by atoms with Gasteiger partial charge in [-0.05, 0) is 114 Å². The summed E-state index contributed by atoms with van der Waals surface area (Å²) in [4.78, 5) is 27.3. The molecule has 8 unspecified atom stereocenters. The highest BCUT2D eigenvalue weighted by Crippen LogP contribution is 2.58. The molecular weight excluding hydrogens is 781 g/mol. The lowest BCUT2D eigenvalue weighted by Crippen LogP contribution is -2.53. The zero-order chi connectivity index (χ0) is 45.3. The van der Waals surface area contributed by atoms with Gasteiger partial charge < -0.3 is 56.8 Å². The number of hydrogen-bond acceptors (Lipinski definition) is 11. The van der Waals surface area contributed by atoms with Crippen molar-refractivity contribution < 1.29 is 50.4 Å². The Morgan fingerprint density at radius 1 is 1.00 bits per heavy atom. The van der Waals surface area contributed by atoms with Crippen molar-refractivity contribution in [2.45, 2.75) is 155 Å². The zero-order valence-electron chi connectivity index (χ0n) is 37.0. The van der Waals surface area contributed by atoms with Crippen LogP contribution in [0.1, 0.15) is 106 Å². The molecule has 1 amide bonds. The lowest BCUT2D eigenvalue weighted by Gasteiger charge is -2.54. The smallest absolute Gasteiger partial charge is 0.258 e. The SMILES string of the molecule is CC(=CCC(O)CC1CCCN1C(=N)N)C(O)CC=CC(O)C(C)C=CC(O)CC=C(C)C(O)C(C)CC[C@@H]1C(C)=C[C@H]2[C@H](O)[C@H](O)CC[C@H]2[C@@]1(C)C(O)=C1C(=O)CNC1=O. The molecule has 0 bridgehead atoms. The van der Waals surface area contributed by atoms with Crippen LogP contribution in [0.4, 0.5) is 0 Å². The Hall–Kier alpha value is -3.63. The lowest BCUT2D eigenvalue weighted by atomic mass is 9.51. The van der Waals surface area contributed by atoms with Crippen LogP contribution in [0, 0.1) is 40.4 Å². The highest BCUT2D eigenvalue weighted by molar-refractivity contribution is 6.25. The molecule has 1 saturated carbocycles. The largest absolute Gasteiger partial charge is 0.511 e. The summed E-state index contributed by atoms with van der Waals surface area (Å²) in [6.45, 7) is 11.6. The van der Waals surface area contributed by atoms with E-state index < -0.39 is 65.8 Å². The minimum Gasteiger partial charge on any atom is -0.511 e. The standard InChI is InChI=1S/C47H74N4O10/c1-26(37(54)10-7-11-38(55)27(2)13-18-33(53)24-31-9-8-22-51(31)46(48)49)12-16-32(52)17-14-28(3)42(58)29(4)15-19-35-30(5)23-34-36(20-21-39(56)43(34)59)47(35,6)44(60)41-40(57)25-50-45(41)61/h7,10,12-14,16,23,26,29,31-39,42-43,52-56,58-60H,8-9,11,15,17-22,24-25H2,1-6H3,(H3,48,49)(H,50,61)/t26?,29?,31?,32?,33?,34-,35-,36-,37?,38?,39-,42?,43+,47+/m1/s1. The fourth-order valence-electron chi connectivity index (χ4n) is 10.0. The molecule has 0 radical (unpaired) electrons. The molecule has 4 rings (SSSR count). The van der Waals surface area contributed by atoms with Crippen LogP contribution in [0.3, 0.4) is 0 Å². The van der Waals surface area contributed by atoms with Crippen LogP contribution in [-0.4, -0.2) is 125 Å². The number of fused-ring (bicyclic) bond motifs is 1. The average Bonchev–Trinajstić information content (AvgIpc) is 3.83. The normalized spacial score (nSPS) is 32.0. The van der Waals surface area contributed by atoms with Crippen LogP contribution < -0.4 is 11.1 Å². The van der Waals surface area contributed by atoms with Gasteiger partial charge in [0.1, 0.15) is 11.3 Å². The predicted molar refractivity (Wildman–Crippen MR) is 235 cm³/mol. The Bertz CT molecular complexity index is 1720. The van der Waals surface area contributed by atoms with Gasteiger partial charge in [0.15, 0.2) is 11.7 Å². The second-order valence-electron chi connectivity index (χ2n) is 18.5. The van der Waals surface area contributed by atoms with Crippen molar-refractivity contribution in [2.24, 2.45) is 40.7 Å². The number of Topliss-reactive ketones (excluding diaryl/α,β-unsaturated/α-hetero) is 1. The highest BCUT2D eigenvalue weighted by atomic mass is 16.3. The maximum absolute atomic E-state index is 12.8. The van der Waals surface area contributed by atoms with Gasteiger partial charge in [-0.3, -0.25) is 15.0 Å². The summed E-state index contributed by atoms with van der Waals surface area (Å²) < 4.78 is 0. The molecular formula is C47H74N4O10. The van der Waals surface area contributed by atoms with Crippen LogP contribution in [0.5, 0.6) is 0 Å². The van der Waals surface area contributed by atoms with Crippen LogP contribution in [0.25, 0.3) is 0 Å². The number of carbonyl (C=O) groups is 2. The summed E-state index contributed by atoms with van der Waals surface area (Å²) >= 11 is 0. The van der Waals surface area contributed by atoms with E-state index in [-0.39, 0.29) is 66.4 Å². The molecule has 2 aliphatic carbocycles. The summed E-state index contributed by atoms with van der Waals surface area (Å²) in [7, 11) is 0. The molecule has 342 valence electrons. The van der Waals surface area contributed by atoms with E-state index in [1.807, 2.05) is 44.7 Å². The quantitative estimate of drug-likeness (QED) is 0.0223. The van der Waals surface area contributed by atoms with Crippen LogP contribution in [0.15, 0.2) is 70.6 Å². The number of hydrogen-bond donors (Lipinski definition) is 11. The van der Waals surface area contributed by atoms with E-state index in [4.69, 9.17) is 11.1 Å². The topological polar surface area (TPSA) is 261 Å². The summed E-state index contributed by atoms with van der Waals surface area (Å²) in [5.41, 5.74) is 6.61. The number of rotatable bonds is 19. The minimum absolute atomic E-state index is 0.0283. The predicted octanol–water partition coefficient (Wildman–Crippen LogP) is 3.61. The number of allylic oxidation sites excluding steroid dienone is 2. The molecule has 12 N–H and O–H groups in total. The van der Waals surface area contributed by atoms with E-state index in [0.717, 1.165) is 30.5 Å². The Morgan fingerprint density at radius 2 is 1.69 bits per heavy atom. The second-order valence-corrected chi connectivity index (χ2v) is 18.5. The number of aliphatic hydroxyl groups excluding tert-OH is 8. The third kappa shape index (κ3) is 12.3. The van der Waals surface area contributed by atoms with Crippen molar-refractivity contribution in [1.29, 1.82) is 5.41 Å². The number of aliphatic hydroxyl groups is 8. The first-order chi connectivity index (χ1) is 28.7. The van der Waals surface area contributed by atoms with E-state index in [0.29, 0.717) is 44.1 Å². The first kappa shape index (κ1) is 50.0. The van der Waals surface area contributed by atoms with Crippen LogP contribution in [0.2, 0.25) is 0 Å². The first-order valence-corrected chi connectivity index (χ1v) is 22.2. The van der Waals surface area contributed by atoms with Crippen molar-refractivity contribution in [3.05, 3.63) is 70.6 Å². The summed E-state index contributed by atoms with van der Waals surface area (Å²) in [5, 5.41) is 97.4. The molecule has 0 aromatic carbocycles. The molecule has 2 saturated heterocycles. The van der Waals surface area contributed by atoms with Gasteiger partial charge in [0.05, 0.1) is 49.3 Å². The van der Waals surface area contributed by atoms with Gasteiger partial charge in [-0.25, -0.2) is 0 Å². The van der Waals surface area contributed by atoms with E-state index in [1.165, 1.54) is 0 Å². The second kappa shape index (κ2) is 22.1. The molecule has 0 spiro atoms. The van der Waals surface area contributed by atoms with Gasteiger partial charge >= 0.3 is 0 Å². The molecule has 4 aliphatic rings. The van der Waals surface area contributed by atoms with Gasteiger partial charge in [-0.15, -0.1) is 0 Å². The molecule has 14 heteroatoms. The molecule has 0 aromatic heterocycles. The van der Waals surface area contributed by atoms with Crippen LogP contribution >= 0.6 is 0 Å². The van der Waals surface area contributed by atoms with Crippen molar-refractivity contribution in [3.63, 3.8) is 0 Å². The monoisotopic (exact) mass is 855 g/mol. The number of guanidine groups is 1. The van der Waals surface area contributed by atoms with Crippen molar-refractivity contribution in [3.8, 4) is 0 Å². The van der Waals surface area contributed by atoms with Crippen molar-refractivity contribution in [2.75, 3.05) is 13.1 Å². The van der Waals surface area contributed by atoms with E-state index in [9.17, 15) is 50.4 Å². The number of amides is 1. The molecule has 14 nitrogen and oxygen atoms in total. The zero-order valence-corrected chi connectivity index (χ0v) is 37.0. The van der Waals surface area contributed by atoms with Gasteiger partial charge in [0.25, 0.3) is 5.91 Å². The molecule has 2 heterocycles. The third-order valence-electron chi connectivity index (χ3n) is 14.1. The number of likely N-dealkylation sites (tertiary alicyclic amines) is 1. The van der Waals surface area contributed by atoms with E-state index >= 15 is 0 Å². The van der Waals surface area contributed by atoms with Crippen molar-refractivity contribution in [1.82, 2.24) is 10.2 Å². The average molecular weight is 855 g/mol. The number of carbonyl (C=O) groups excluding carboxylic acids is 2. The van der Waals surface area contributed by atoms with Gasteiger partial charge in [0.2, 0.25) is 0 Å². The first-order valence-electron chi connectivity index (χ1n) is 22.2. The highest BCUT2D eigenvalue weighted by Gasteiger charge is 2.56.